The van der Waals surface area contributed by atoms with Gasteiger partial charge in [0, 0.05) is 5.69 Å². The monoisotopic (exact) mass is 328 g/mol. The molecule has 0 fully saturated rings. The van der Waals surface area contributed by atoms with Crippen molar-refractivity contribution >= 4 is 33.5 Å². The first kappa shape index (κ1) is 15.4. The Balaban J connectivity index is 1.79. The van der Waals surface area contributed by atoms with Crippen molar-refractivity contribution < 1.29 is 9.53 Å². The van der Waals surface area contributed by atoms with Crippen molar-refractivity contribution in [3.05, 3.63) is 46.2 Å². The van der Waals surface area contributed by atoms with Crippen LogP contribution in [0.25, 0.3) is 10.2 Å². The lowest BCUT2D eigenvalue weighted by atomic mass is 10.2. The highest BCUT2D eigenvalue weighted by Gasteiger charge is 2.11. The molecule has 0 amide bonds. The van der Waals surface area contributed by atoms with Crippen LogP contribution >= 0.6 is 11.3 Å². The first-order chi connectivity index (χ1) is 11.0. The Morgan fingerprint density at radius 2 is 2.04 bits per heavy atom. The van der Waals surface area contributed by atoms with Crippen molar-refractivity contribution in [3.8, 4) is 0 Å². The van der Waals surface area contributed by atoms with Crippen LogP contribution < -0.4 is 5.32 Å². The predicted molar refractivity (Wildman–Crippen MR) is 89.8 cm³/mol. The maximum atomic E-state index is 11.6. The number of aryl methyl sites for hydroxylation is 2. The van der Waals surface area contributed by atoms with E-state index in [0.717, 1.165) is 15.2 Å². The Hall–Kier alpha value is -2.54. The van der Waals surface area contributed by atoms with Crippen molar-refractivity contribution in [1.29, 1.82) is 0 Å². The molecule has 1 aromatic carbocycles. The highest BCUT2D eigenvalue weighted by molar-refractivity contribution is 7.18. The van der Waals surface area contributed by atoms with E-state index >= 15 is 0 Å². The van der Waals surface area contributed by atoms with E-state index in [1.165, 1.54) is 12.7 Å². The number of esters is 1. The first-order valence-electron chi connectivity index (χ1n) is 7.09. The van der Waals surface area contributed by atoms with E-state index in [1.54, 1.807) is 24.3 Å². The van der Waals surface area contributed by atoms with E-state index in [4.69, 9.17) is 4.74 Å². The summed E-state index contributed by atoms with van der Waals surface area (Å²) < 4.78 is 5.84. The molecule has 0 spiro atoms. The molecule has 6 nitrogen and oxygen atoms in total. The minimum Gasteiger partial charge on any atom is -0.464 e. The van der Waals surface area contributed by atoms with Crippen molar-refractivity contribution in [2.24, 2.45) is 0 Å². The molecule has 3 rings (SSSR count). The number of carbonyl (C=O) groups is 1. The van der Waals surface area contributed by atoms with Gasteiger partial charge in [-0.2, -0.15) is 0 Å². The number of methoxy groups -OCH3 is 1. The molecule has 0 aliphatic carbocycles. The summed E-state index contributed by atoms with van der Waals surface area (Å²) in [5.74, 6) is -0.0881. The number of carbonyl (C=O) groups excluding carboxylic acids is 1. The molecule has 118 valence electrons. The van der Waals surface area contributed by atoms with Crippen LogP contribution in [0.5, 0.6) is 0 Å². The van der Waals surface area contributed by atoms with Crippen molar-refractivity contribution in [1.82, 2.24) is 15.0 Å². The molecule has 0 unspecified atom stereocenters. The fraction of sp³-hybridized carbons (Fsp3) is 0.250. The van der Waals surface area contributed by atoms with Crippen molar-refractivity contribution in [3.63, 3.8) is 0 Å². The second-order valence-corrected chi connectivity index (χ2v) is 6.26. The van der Waals surface area contributed by atoms with Crippen LogP contribution in [0.4, 0.5) is 5.95 Å². The topological polar surface area (TPSA) is 77.0 Å². The number of ether oxygens (including phenoxy) is 1. The molecule has 2 aromatic heterocycles. The Kier molecular flexibility index (Phi) is 4.20. The SMILES string of the molecule is COC(=O)c1cc(C)nc(NCc2nc3cc(C)ccc3s2)n1. The summed E-state index contributed by atoms with van der Waals surface area (Å²) in [7, 11) is 1.33. The smallest absolute Gasteiger partial charge is 0.356 e. The quantitative estimate of drug-likeness (QED) is 0.742. The van der Waals surface area contributed by atoms with Gasteiger partial charge in [0.1, 0.15) is 5.01 Å². The molecule has 0 aliphatic heterocycles. The number of nitrogens with one attached hydrogen (secondary N) is 1. The van der Waals surface area contributed by atoms with E-state index in [2.05, 4.69) is 38.5 Å². The summed E-state index contributed by atoms with van der Waals surface area (Å²) in [5.41, 5.74) is 3.12. The summed E-state index contributed by atoms with van der Waals surface area (Å²) in [4.78, 5) is 24.6. The van der Waals surface area contributed by atoms with Gasteiger partial charge < -0.3 is 10.1 Å². The number of hydrogen-bond donors (Lipinski definition) is 1. The number of benzene rings is 1. The summed E-state index contributed by atoms with van der Waals surface area (Å²) in [5, 5.41) is 4.05. The maximum absolute atomic E-state index is 11.6. The molecular formula is C16H16N4O2S. The number of thiazole rings is 1. The standard InChI is InChI=1S/C16H16N4O2S/c1-9-4-5-13-11(6-9)19-14(23-13)8-17-16-18-10(2)7-12(20-16)15(21)22-3/h4-7H,8H2,1-3H3,(H,17,18,20). The highest BCUT2D eigenvalue weighted by atomic mass is 32.1. The molecular weight excluding hydrogens is 312 g/mol. The molecule has 0 bridgehead atoms. The van der Waals surface area contributed by atoms with Crippen molar-refractivity contribution in [2.75, 3.05) is 12.4 Å². The zero-order valence-corrected chi connectivity index (χ0v) is 13.9. The Morgan fingerprint density at radius 3 is 2.83 bits per heavy atom. The minimum atomic E-state index is -0.478. The maximum Gasteiger partial charge on any atom is 0.356 e. The molecule has 0 atom stereocenters. The van der Waals surface area contributed by atoms with Crippen LogP contribution in [0.2, 0.25) is 0 Å². The van der Waals surface area contributed by atoms with E-state index < -0.39 is 5.97 Å². The Labute approximate surface area is 137 Å². The van der Waals surface area contributed by atoms with Crippen molar-refractivity contribution in [2.45, 2.75) is 20.4 Å². The lowest BCUT2D eigenvalue weighted by Crippen LogP contribution is -2.10. The fourth-order valence-corrected chi connectivity index (χ4v) is 3.06. The number of hydrogen-bond acceptors (Lipinski definition) is 7. The summed E-state index contributed by atoms with van der Waals surface area (Å²) in [6, 6.07) is 7.81. The lowest BCUT2D eigenvalue weighted by Gasteiger charge is -2.05. The van der Waals surface area contributed by atoms with E-state index in [0.29, 0.717) is 18.2 Å². The summed E-state index contributed by atoms with van der Waals surface area (Å²) >= 11 is 1.62. The third kappa shape index (κ3) is 3.45. The van der Waals surface area contributed by atoms with Gasteiger partial charge >= 0.3 is 5.97 Å². The summed E-state index contributed by atoms with van der Waals surface area (Å²) in [6.07, 6.45) is 0. The number of nitrogens with zero attached hydrogens (tertiary/aromatic N) is 3. The second-order valence-electron chi connectivity index (χ2n) is 5.14. The van der Waals surface area contributed by atoms with Gasteiger partial charge in [0.25, 0.3) is 0 Å². The second kappa shape index (κ2) is 6.29. The normalized spacial score (nSPS) is 10.7. The molecule has 1 N–H and O–H groups in total. The number of fused-ring (bicyclic) bond motifs is 1. The molecule has 3 aromatic rings. The highest BCUT2D eigenvalue weighted by Crippen LogP contribution is 2.23. The van der Waals surface area contributed by atoms with Crippen LogP contribution in [0.1, 0.15) is 26.8 Å². The number of anilines is 1. The van der Waals surface area contributed by atoms with Gasteiger partial charge in [-0.1, -0.05) is 6.07 Å². The van der Waals surface area contributed by atoms with Gasteiger partial charge in [0.15, 0.2) is 5.69 Å². The Bertz CT molecular complexity index is 876. The third-order valence-electron chi connectivity index (χ3n) is 3.23. The average molecular weight is 328 g/mol. The van der Waals surface area contributed by atoms with Crippen LogP contribution in [0.15, 0.2) is 24.3 Å². The molecule has 2 heterocycles. The molecule has 0 aliphatic rings. The van der Waals surface area contributed by atoms with Gasteiger partial charge in [-0.25, -0.2) is 19.7 Å². The summed E-state index contributed by atoms with van der Waals surface area (Å²) in [6.45, 7) is 4.36. The van der Waals surface area contributed by atoms with Gasteiger partial charge in [-0.05, 0) is 37.6 Å². The molecule has 23 heavy (non-hydrogen) atoms. The van der Waals surface area contributed by atoms with Gasteiger partial charge in [-0.15, -0.1) is 11.3 Å². The Morgan fingerprint density at radius 1 is 1.22 bits per heavy atom. The van der Waals surface area contributed by atoms with E-state index in [9.17, 15) is 4.79 Å². The fourth-order valence-electron chi connectivity index (χ4n) is 2.17. The first-order valence-corrected chi connectivity index (χ1v) is 7.91. The molecule has 0 radical (unpaired) electrons. The zero-order chi connectivity index (χ0) is 16.4. The van der Waals surface area contributed by atoms with Crippen LogP contribution in [-0.2, 0) is 11.3 Å². The zero-order valence-electron chi connectivity index (χ0n) is 13.1. The van der Waals surface area contributed by atoms with Crippen LogP contribution in [0, 0.1) is 13.8 Å². The van der Waals surface area contributed by atoms with Crippen LogP contribution in [0.3, 0.4) is 0 Å². The lowest BCUT2D eigenvalue weighted by molar-refractivity contribution is 0.0594. The van der Waals surface area contributed by atoms with E-state index in [-0.39, 0.29) is 5.69 Å². The van der Waals surface area contributed by atoms with Gasteiger partial charge in [-0.3, -0.25) is 0 Å². The third-order valence-corrected chi connectivity index (χ3v) is 4.27. The van der Waals surface area contributed by atoms with Gasteiger partial charge in [0.05, 0.1) is 23.9 Å². The predicted octanol–water partition coefficient (Wildman–Crippen LogP) is 3.10. The largest absolute Gasteiger partial charge is 0.464 e. The average Bonchev–Trinajstić information content (AvgIpc) is 2.93. The molecule has 7 heteroatoms. The van der Waals surface area contributed by atoms with Crippen LogP contribution in [-0.4, -0.2) is 28.0 Å². The van der Waals surface area contributed by atoms with E-state index in [1.807, 2.05) is 6.92 Å². The van der Waals surface area contributed by atoms with Gasteiger partial charge in [0.2, 0.25) is 5.95 Å². The number of aromatic nitrogens is 3. The molecule has 0 saturated carbocycles. The molecule has 0 saturated heterocycles. The number of rotatable bonds is 4. The minimum absolute atomic E-state index is 0.238.